The molecule has 0 spiro atoms. The SMILES string of the molecule is CCc1cc(=O)oc2c3c(cc(OC)c12)OC(C)C(C)C3=O. The predicted molar refractivity (Wildman–Crippen MR) is 82.0 cm³/mol. The van der Waals surface area contributed by atoms with E-state index in [1.165, 1.54) is 6.07 Å². The van der Waals surface area contributed by atoms with E-state index in [0.717, 1.165) is 5.56 Å². The summed E-state index contributed by atoms with van der Waals surface area (Å²) in [5, 5.41) is 0.669. The molecule has 2 heterocycles. The second-order valence-corrected chi connectivity index (χ2v) is 5.58. The van der Waals surface area contributed by atoms with Crippen LogP contribution in [0, 0.1) is 5.92 Å². The zero-order chi connectivity index (χ0) is 16.0. The lowest BCUT2D eigenvalue weighted by molar-refractivity contribution is 0.0731. The van der Waals surface area contributed by atoms with E-state index in [0.29, 0.717) is 28.9 Å². The summed E-state index contributed by atoms with van der Waals surface area (Å²) in [5.41, 5.74) is 0.931. The van der Waals surface area contributed by atoms with Gasteiger partial charge in [-0.1, -0.05) is 13.8 Å². The first kappa shape index (κ1) is 14.6. The molecule has 0 amide bonds. The third-order valence-corrected chi connectivity index (χ3v) is 4.30. The van der Waals surface area contributed by atoms with Crippen LogP contribution in [-0.2, 0) is 6.42 Å². The zero-order valence-corrected chi connectivity index (χ0v) is 13.1. The van der Waals surface area contributed by atoms with Crippen molar-refractivity contribution in [1.29, 1.82) is 0 Å². The molecular weight excluding hydrogens is 284 g/mol. The smallest absolute Gasteiger partial charge is 0.336 e. The summed E-state index contributed by atoms with van der Waals surface area (Å²) in [4.78, 5) is 24.5. The molecule has 1 aromatic carbocycles. The Bertz CT molecular complexity index is 818. The van der Waals surface area contributed by atoms with E-state index < -0.39 is 5.63 Å². The summed E-state index contributed by atoms with van der Waals surface area (Å²) in [7, 11) is 1.54. The minimum absolute atomic E-state index is 0.0715. The van der Waals surface area contributed by atoms with Gasteiger partial charge in [-0.05, 0) is 18.9 Å². The average molecular weight is 302 g/mol. The van der Waals surface area contributed by atoms with Crippen molar-refractivity contribution in [3.63, 3.8) is 0 Å². The van der Waals surface area contributed by atoms with Crippen molar-refractivity contribution < 1.29 is 18.7 Å². The lowest BCUT2D eigenvalue weighted by Crippen LogP contribution is -2.33. The highest BCUT2D eigenvalue weighted by atomic mass is 16.5. The molecule has 2 aromatic rings. The lowest BCUT2D eigenvalue weighted by atomic mass is 9.89. The van der Waals surface area contributed by atoms with Gasteiger partial charge >= 0.3 is 5.63 Å². The summed E-state index contributed by atoms with van der Waals surface area (Å²) in [6, 6.07) is 3.15. The summed E-state index contributed by atoms with van der Waals surface area (Å²) in [6.45, 7) is 5.60. The van der Waals surface area contributed by atoms with E-state index >= 15 is 0 Å². The van der Waals surface area contributed by atoms with Gasteiger partial charge in [0.1, 0.15) is 23.2 Å². The van der Waals surface area contributed by atoms with Gasteiger partial charge in [-0.3, -0.25) is 4.79 Å². The number of Topliss-reactive ketones (excluding diaryl/α,β-unsaturated/α-hetero) is 1. The first-order valence-corrected chi connectivity index (χ1v) is 7.36. The minimum atomic E-state index is -0.473. The molecule has 5 heteroatoms. The van der Waals surface area contributed by atoms with Crippen LogP contribution in [0.5, 0.6) is 11.5 Å². The van der Waals surface area contributed by atoms with Gasteiger partial charge in [-0.15, -0.1) is 0 Å². The quantitative estimate of drug-likeness (QED) is 0.798. The van der Waals surface area contributed by atoms with Gasteiger partial charge < -0.3 is 13.9 Å². The van der Waals surface area contributed by atoms with Crippen molar-refractivity contribution >= 4 is 16.8 Å². The number of fused-ring (bicyclic) bond motifs is 3. The Kier molecular flexibility index (Phi) is 3.43. The molecule has 0 aliphatic carbocycles. The highest BCUT2D eigenvalue weighted by Gasteiger charge is 2.35. The molecule has 0 saturated carbocycles. The Balaban J connectivity index is 2.47. The molecule has 1 aliphatic rings. The van der Waals surface area contributed by atoms with Crippen molar-refractivity contribution in [2.45, 2.75) is 33.3 Å². The highest BCUT2D eigenvalue weighted by molar-refractivity contribution is 6.12. The van der Waals surface area contributed by atoms with E-state index in [1.807, 2.05) is 20.8 Å². The second-order valence-electron chi connectivity index (χ2n) is 5.58. The number of rotatable bonds is 2. The maximum absolute atomic E-state index is 12.7. The van der Waals surface area contributed by atoms with Gasteiger partial charge in [-0.2, -0.15) is 0 Å². The van der Waals surface area contributed by atoms with E-state index in [1.54, 1.807) is 13.2 Å². The van der Waals surface area contributed by atoms with Crippen LogP contribution in [0.25, 0.3) is 11.0 Å². The highest BCUT2D eigenvalue weighted by Crippen LogP contribution is 2.41. The molecule has 2 atom stereocenters. The summed E-state index contributed by atoms with van der Waals surface area (Å²) in [6.07, 6.45) is 0.404. The zero-order valence-electron chi connectivity index (χ0n) is 13.1. The van der Waals surface area contributed by atoms with Crippen molar-refractivity contribution in [2.24, 2.45) is 5.92 Å². The number of carbonyl (C=O) groups excluding carboxylic acids is 1. The first-order chi connectivity index (χ1) is 10.5. The van der Waals surface area contributed by atoms with E-state index in [4.69, 9.17) is 13.9 Å². The number of hydrogen-bond donors (Lipinski definition) is 0. The number of ketones is 1. The summed E-state index contributed by atoms with van der Waals surface area (Å²) >= 11 is 0. The Morgan fingerprint density at radius 3 is 2.59 bits per heavy atom. The maximum atomic E-state index is 12.7. The monoisotopic (exact) mass is 302 g/mol. The van der Waals surface area contributed by atoms with E-state index in [9.17, 15) is 9.59 Å². The van der Waals surface area contributed by atoms with Crippen molar-refractivity contribution in [3.8, 4) is 11.5 Å². The van der Waals surface area contributed by atoms with E-state index in [2.05, 4.69) is 0 Å². The molecule has 0 fully saturated rings. The Morgan fingerprint density at radius 2 is 1.95 bits per heavy atom. The molecule has 1 aromatic heterocycles. The molecule has 0 bridgehead atoms. The molecule has 3 rings (SSSR count). The number of benzene rings is 1. The predicted octanol–water partition coefficient (Wildman–Crippen LogP) is 2.96. The fourth-order valence-corrected chi connectivity index (χ4v) is 2.87. The standard InChI is InChI=1S/C17H18O5/c1-5-10-6-13(18)22-17-14(10)11(20-4)7-12-15(17)16(19)8(2)9(3)21-12/h6-9H,5H2,1-4H3. The van der Waals surface area contributed by atoms with Gasteiger partial charge in [0, 0.05) is 12.1 Å². The molecule has 2 unspecified atom stereocenters. The molecule has 0 radical (unpaired) electrons. The van der Waals surface area contributed by atoms with Gasteiger partial charge in [0.2, 0.25) is 0 Å². The Morgan fingerprint density at radius 1 is 1.23 bits per heavy atom. The van der Waals surface area contributed by atoms with Crippen LogP contribution in [-0.4, -0.2) is 19.0 Å². The normalized spacial score (nSPS) is 20.6. The fourth-order valence-electron chi connectivity index (χ4n) is 2.87. The first-order valence-electron chi connectivity index (χ1n) is 7.36. The third kappa shape index (κ3) is 2.00. The third-order valence-electron chi connectivity index (χ3n) is 4.30. The molecule has 22 heavy (non-hydrogen) atoms. The van der Waals surface area contributed by atoms with Crippen LogP contribution in [0.4, 0.5) is 0 Å². The number of methoxy groups -OCH3 is 1. The topological polar surface area (TPSA) is 65.7 Å². The number of ether oxygens (including phenoxy) is 2. The van der Waals surface area contributed by atoms with Gasteiger partial charge in [0.25, 0.3) is 0 Å². The minimum Gasteiger partial charge on any atom is -0.496 e. The van der Waals surface area contributed by atoms with Crippen LogP contribution in [0.1, 0.15) is 36.7 Å². The largest absolute Gasteiger partial charge is 0.496 e. The van der Waals surface area contributed by atoms with Crippen LogP contribution in [0.3, 0.4) is 0 Å². The number of carbonyl (C=O) groups is 1. The second kappa shape index (κ2) is 5.16. The maximum Gasteiger partial charge on any atom is 0.336 e. The van der Waals surface area contributed by atoms with Gasteiger partial charge in [0.15, 0.2) is 11.4 Å². The fraction of sp³-hybridized carbons (Fsp3) is 0.412. The molecule has 1 aliphatic heterocycles. The lowest BCUT2D eigenvalue weighted by Gasteiger charge is -2.28. The molecule has 5 nitrogen and oxygen atoms in total. The van der Waals surface area contributed by atoms with Gasteiger partial charge in [0.05, 0.1) is 18.4 Å². The average Bonchev–Trinajstić information content (AvgIpc) is 2.50. The Hall–Kier alpha value is -2.30. The van der Waals surface area contributed by atoms with Gasteiger partial charge in [-0.25, -0.2) is 4.79 Å². The molecular formula is C17H18O5. The van der Waals surface area contributed by atoms with E-state index in [-0.39, 0.29) is 23.4 Å². The summed E-state index contributed by atoms with van der Waals surface area (Å²) < 4.78 is 16.6. The summed E-state index contributed by atoms with van der Waals surface area (Å²) in [5.74, 6) is 0.595. The Labute approximate surface area is 127 Å². The molecule has 0 N–H and O–H groups in total. The van der Waals surface area contributed by atoms with Crippen LogP contribution >= 0.6 is 0 Å². The van der Waals surface area contributed by atoms with Crippen LogP contribution in [0.15, 0.2) is 21.3 Å². The molecule has 0 saturated heterocycles. The van der Waals surface area contributed by atoms with Crippen molar-refractivity contribution in [1.82, 2.24) is 0 Å². The number of hydrogen-bond acceptors (Lipinski definition) is 5. The van der Waals surface area contributed by atoms with Crippen molar-refractivity contribution in [3.05, 3.63) is 33.7 Å². The van der Waals surface area contributed by atoms with Crippen LogP contribution in [0.2, 0.25) is 0 Å². The van der Waals surface area contributed by atoms with Crippen LogP contribution < -0.4 is 15.1 Å². The number of aryl methyl sites for hydroxylation is 1. The van der Waals surface area contributed by atoms with Crippen molar-refractivity contribution in [2.75, 3.05) is 7.11 Å². The molecule has 116 valence electrons.